The summed E-state index contributed by atoms with van der Waals surface area (Å²) >= 11 is 0. The molecule has 0 atom stereocenters. The molecular weight excluding hydrogens is 225 g/mol. The van der Waals surface area contributed by atoms with Gasteiger partial charge in [-0.05, 0) is 6.07 Å². The highest BCUT2D eigenvalue weighted by Gasteiger charge is 2.13. The van der Waals surface area contributed by atoms with Crippen molar-refractivity contribution in [2.24, 2.45) is 5.73 Å². The maximum atomic E-state index is 5.54. The predicted molar refractivity (Wildman–Crippen MR) is 59.8 cm³/mol. The third kappa shape index (κ3) is 2.44. The summed E-state index contributed by atoms with van der Waals surface area (Å²) in [6, 6.07) is 5.77. The fourth-order valence-corrected chi connectivity index (χ4v) is 1.29. The van der Waals surface area contributed by atoms with Crippen molar-refractivity contribution < 1.29 is 9.47 Å². The number of benzene rings is 1. The number of rotatable bonds is 1. The van der Waals surface area contributed by atoms with Gasteiger partial charge in [0.25, 0.3) is 0 Å². The maximum absolute atomic E-state index is 5.54. The number of ether oxygens (including phenoxy) is 2. The van der Waals surface area contributed by atoms with E-state index in [0.29, 0.717) is 19.8 Å². The molecule has 0 unspecified atom stereocenters. The first kappa shape index (κ1) is 13.4. The van der Waals surface area contributed by atoms with E-state index in [4.69, 9.17) is 15.2 Å². The van der Waals surface area contributed by atoms with Crippen molar-refractivity contribution in [3.05, 3.63) is 23.8 Å². The average Bonchev–Trinajstić information content (AvgIpc) is 2.17. The first-order valence-electron chi connectivity index (χ1n) is 3.99. The number of hydrogen-bond donors (Lipinski definition) is 1. The van der Waals surface area contributed by atoms with Gasteiger partial charge in [-0.3, -0.25) is 0 Å². The van der Waals surface area contributed by atoms with Gasteiger partial charge in [0.1, 0.15) is 13.2 Å². The number of fused-ring (bicyclic) bond motifs is 1. The minimum atomic E-state index is 0. The molecule has 1 aliphatic rings. The van der Waals surface area contributed by atoms with Crippen LogP contribution < -0.4 is 15.2 Å². The fraction of sp³-hybridized carbons (Fsp3) is 0.333. The van der Waals surface area contributed by atoms with Crippen LogP contribution in [0.4, 0.5) is 0 Å². The van der Waals surface area contributed by atoms with Crippen LogP contribution in [0, 0.1) is 0 Å². The Balaban J connectivity index is 0.000000845. The van der Waals surface area contributed by atoms with Crippen LogP contribution in [-0.2, 0) is 6.54 Å². The van der Waals surface area contributed by atoms with E-state index in [-0.39, 0.29) is 24.8 Å². The van der Waals surface area contributed by atoms with Gasteiger partial charge in [0, 0.05) is 12.1 Å². The third-order valence-corrected chi connectivity index (χ3v) is 1.87. The van der Waals surface area contributed by atoms with Crippen LogP contribution in [0.1, 0.15) is 5.56 Å². The second-order valence-electron chi connectivity index (χ2n) is 2.65. The summed E-state index contributed by atoms with van der Waals surface area (Å²) in [6.07, 6.45) is 0. The van der Waals surface area contributed by atoms with Gasteiger partial charge >= 0.3 is 0 Å². The highest BCUT2D eigenvalue weighted by Crippen LogP contribution is 2.32. The van der Waals surface area contributed by atoms with Crippen molar-refractivity contribution in [1.29, 1.82) is 0 Å². The number of nitrogens with two attached hydrogens (primary N) is 1. The van der Waals surface area contributed by atoms with Crippen molar-refractivity contribution in [1.82, 2.24) is 0 Å². The van der Waals surface area contributed by atoms with E-state index in [0.717, 1.165) is 17.1 Å². The molecule has 1 aliphatic heterocycles. The molecule has 0 radical (unpaired) electrons. The fourth-order valence-electron chi connectivity index (χ4n) is 1.29. The predicted octanol–water partition coefficient (Wildman–Crippen LogP) is 1.76. The Hall–Kier alpha value is -0.640. The lowest BCUT2D eigenvalue weighted by atomic mass is 10.2. The number of para-hydroxylation sites is 1. The Bertz CT molecular complexity index is 280. The molecule has 14 heavy (non-hydrogen) atoms. The topological polar surface area (TPSA) is 44.5 Å². The molecule has 0 aliphatic carbocycles. The molecule has 0 saturated heterocycles. The van der Waals surface area contributed by atoms with E-state index in [1.165, 1.54) is 0 Å². The van der Waals surface area contributed by atoms with Gasteiger partial charge in [-0.2, -0.15) is 0 Å². The number of halogens is 2. The summed E-state index contributed by atoms with van der Waals surface area (Å²) in [5, 5.41) is 0. The zero-order chi connectivity index (χ0) is 8.39. The van der Waals surface area contributed by atoms with E-state index in [9.17, 15) is 0 Å². The average molecular weight is 238 g/mol. The number of hydrogen-bond acceptors (Lipinski definition) is 3. The summed E-state index contributed by atoms with van der Waals surface area (Å²) in [4.78, 5) is 0. The monoisotopic (exact) mass is 237 g/mol. The molecule has 1 aromatic carbocycles. The third-order valence-electron chi connectivity index (χ3n) is 1.87. The van der Waals surface area contributed by atoms with Crippen LogP contribution >= 0.6 is 24.8 Å². The second-order valence-corrected chi connectivity index (χ2v) is 2.65. The Morgan fingerprint density at radius 1 is 1.14 bits per heavy atom. The van der Waals surface area contributed by atoms with Gasteiger partial charge in [0.2, 0.25) is 0 Å². The van der Waals surface area contributed by atoms with Crippen LogP contribution in [-0.4, -0.2) is 13.2 Å². The van der Waals surface area contributed by atoms with Gasteiger partial charge in [0.05, 0.1) is 0 Å². The molecule has 0 bridgehead atoms. The molecule has 0 saturated carbocycles. The highest BCUT2D eigenvalue weighted by molar-refractivity contribution is 5.85. The first-order valence-corrected chi connectivity index (χ1v) is 3.99. The molecule has 1 aromatic rings. The molecule has 0 fully saturated rings. The summed E-state index contributed by atoms with van der Waals surface area (Å²) in [7, 11) is 0. The lowest BCUT2D eigenvalue weighted by molar-refractivity contribution is 0.170. The second kappa shape index (κ2) is 5.96. The Labute approximate surface area is 95.4 Å². The van der Waals surface area contributed by atoms with Gasteiger partial charge in [-0.15, -0.1) is 24.8 Å². The van der Waals surface area contributed by atoms with Crippen LogP contribution in [0.2, 0.25) is 0 Å². The van der Waals surface area contributed by atoms with E-state index in [1.807, 2.05) is 18.2 Å². The van der Waals surface area contributed by atoms with Gasteiger partial charge in [0.15, 0.2) is 11.5 Å². The summed E-state index contributed by atoms with van der Waals surface area (Å²) in [6.45, 7) is 1.73. The quantitative estimate of drug-likeness (QED) is 0.810. The zero-order valence-electron chi connectivity index (χ0n) is 7.56. The largest absolute Gasteiger partial charge is 0.486 e. The Morgan fingerprint density at radius 2 is 1.86 bits per heavy atom. The maximum Gasteiger partial charge on any atom is 0.165 e. The minimum Gasteiger partial charge on any atom is -0.486 e. The van der Waals surface area contributed by atoms with Crippen molar-refractivity contribution in [3.8, 4) is 11.5 Å². The first-order chi connectivity index (χ1) is 5.92. The normalized spacial score (nSPS) is 12.4. The summed E-state index contributed by atoms with van der Waals surface area (Å²) < 4.78 is 10.8. The van der Waals surface area contributed by atoms with E-state index in [1.54, 1.807) is 0 Å². The zero-order valence-corrected chi connectivity index (χ0v) is 9.20. The summed E-state index contributed by atoms with van der Waals surface area (Å²) in [5.74, 6) is 1.62. The van der Waals surface area contributed by atoms with Gasteiger partial charge in [-0.25, -0.2) is 0 Å². The molecular formula is C9H13Cl2NO2. The molecule has 1 heterocycles. The van der Waals surface area contributed by atoms with Crippen molar-refractivity contribution >= 4 is 24.8 Å². The van der Waals surface area contributed by atoms with Crippen LogP contribution in [0.25, 0.3) is 0 Å². The molecule has 0 aromatic heterocycles. The summed E-state index contributed by atoms with van der Waals surface area (Å²) in [5.41, 5.74) is 6.55. The van der Waals surface area contributed by atoms with E-state index in [2.05, 4.69) is 0 Å². The lowest BCUT2D eigenvalue weighted by Crippen LogP contribution is -2.17. The van der Waals surface area contributed by atoms with Crippen molar-refractivity contribution in [3.63, 3.8) is 0 Å². The molecule has 2 N–H and O–H groups in total. The van der Waals surface area contributed by atoms with Crippen LogP contribution in [0.5, 0.6) is 11.5 Å². The SMILES string of the molecule is Cl.Cl.NCc1cccc2c1OCCO2. The smallest absolute Gasteiger partial charge is 0.165 e. The van der Waals surface area contributed by atoms with E-state index < -0.39 is 0 Å². The molecule has 2 rings (SSSR count). The van der Waals surface area contributed by atoms with E-state index >= 15 is 0 Å². The standard InChI is InChI=1S/C9H11NO2.2ClH/c10-6-7-2-1-3-8-9(7)12-5-4-11-8;;/h1-3H,4-6,10H2;2*1H. The minimum absolute atomic E-state index is 0. The van der Waals surface area contributed by atoms with Crippen molar-refractivity contribution in [2.75, 3.05) is 13.2 Å². The van der Waals surface area contributed by atoms with Gasteiger partial charge in [-0.1, -0.05) is 12.1 Å². The Kier molecular flexibility index (Phi) is 5.69. The molecule has 3 nitrogen and oxygen atoms in total. The molecule has 5 heteroatoms. The molecule has 0 amide bonds. The molecule has 0 spiro atoms. The van der Waals surface area contributed by atoms with Crippen LogP contribution in [0.15, 0.2) is 18.2 Å². The van der Waals surface area contributed by atoms with Crippen LogP contribution in [0.3, 0.4) is 0 Å². The molecule has 80 valence electrons. The lowest BCUT2D eigenvalue weighted by Gasteiger charge is -2.20. The highest BCUT2D eigenvalue weighted by atomic mass is 35.5. The van der Waals surface area contributed by atoms with Crippen molar-refractivity contribution in [2.45, 2.75) is 6.54 Å². The Morgan fingerprint density at radius 3 is 2.57 bits per heavy atom. The van der Waals surface area contributed by atoms with Gasteiger partial charge < -0.3 is 15.2 Å².